The molecular formula is C13H15ClF4N2O. The minimum absolute atomic E-state index is 0. The number of halogens is 5. The lowest BCUT2D eigenvalue weighted by Gasteiger charge is -2.34. The Kier molecular flexibility index (Phi) is 5.58. The minimum atomic E-state index is -4.60. The third-order valence-electron chi connectivity index (χ3n) is 3.29. The molecule has 1 aromatic rings. The standard InChI is InChI=1S/C13H14F4N2O.ClH/c1-8-7-18-4-5-19(8)12(20)10-6-9(13(15,16)17)2-3-11(10)14;/h2-3,6,8,18H,4-5,7H2,1H3;1H/t8-;/m1./s1. The van der Waals surface area contributed by atoms with E-state index < -0.39 is 29.0 Å². The van der Waals surface area contributed by atoms with Gasteiger partial charge in [0, 0.05) is 25.7 Å². The van der Waals surface area contributed by atoms with Gasteiger partial charge in [0.05, 0.1) is 11.1 Å². The number of hydrogen-bond acceptors (Lipinski definition) is 2. The highest BCUT2D eigenvalue weighted by atomic mass is 35.5. The van der Waals surface area contributed by atoms with Gasteiger partial charge in [-0.1, -0.05) is 0 Å². The van der Waals surface area contributed by atoms with Gasteiger partial charge < -0.3 is 10.2 Å². The molecule has 118 valence electrons. The molecule has 0 aromatic heterocycles. The number of carbonyl (C=O) groups excluding carboxylic acids is 1. The molecule has 0 unspecified atom stereocenters. The lowest BCUT2D eigenvalue weighted by atomic mass is 10.1. The first-order chi connectivity index (χ1) is 9.30. The third-order valence-corrected chi connectivity index (χ3v) is 3.29. The van der Waals surface area contributed by atoms with E-state index in [9.17, 15) is 22.4 Å². The molecule has 1 amide bonds. The molecule has 1 aliphatic heterocycles. The van der Waals surface area contributed by atoms with Crippen molar-refractivity contribution in [1.82, 2.24) is 10.2 Å². The Balaban J connectivity index is 0.00000220. The summed E-state index contributed by atoms with van der Waals surface area (Å²) in [4.78, 5) is 13.6. The molecule has 1 saturated heterocycles. The van der Waals surface area contributed by atoms with Gasteiger partial charge in [0.2, 0.25) is 0 Å². The summed E-state index contributed by atoms with van der Waals surface area (Å²) in [7, 11) is 0. The number of alkyl halides is 3. The van der Waals surface area contributed by atoms with Gasteiger partial charge in [-0.15, -0.1) is 12.4 Å². The molecule has 0 radical (unpaired) electrons. The number of hydrogen-bond donors (Lipinski definition) is 1. The van der Waals surface area contributed by atoms with Crippen molar-refractivity contribution in [2.75, 3.05) is 19.6 Å². The maximum atomic E-state index is 13.7. The molecule has 1 aliphatic rings. The zero-order chi connectivity index (χ0) is 14.9. The summed E-state index contributed by atoms with van der Waals surface area (Å²) in [6, 6.07) is 1.70. The van der Waals surface area contributed by atoms with Crippen LogP contribution in [0.25, 0.3) is 0 Å². The van der Waals surface area contributed by atoms with Crippen molar-refractivity contribution in [3.63, 3.8) is 0 Å². The van der Waals surface area contributed by atoms with E-state index in [1.54, 1.807) is 6.92 Å². The summed E-state index contributed by atoms with van der Waals surface area (Å²) in [6.45, 7) is 3.17. The highest BCUT2D eigenvalue weighted by molar-refractivity contribution is 5.95. The predicted octanol–water partition coefficient (Wildman–Crippen LogP) is 2.70. The van der Waals surface area contributed by atoms with E-state index >= 15 is 0 Å². The number of nitrogens with one attached hydrogen (secondary N) is 1. The fourth-order valence-electron chi connectivity index (χ4n) is 2.16. The zero-order valence-electron chi connectivity index (χ0n) is 11.2. The van der Waals surface area contributed by atoms with Gasteiger partial charge in [0.15, 0.2) is 0 Å². The van der Waals surface area contributed by atoms with Crippen LogP contribution in [0.4, 0.5) is 17.6 Å². The molecule has 0 aliphatic carbocycles. The lowest BCUT2D eigenvalue weighted by Crippen LogP contribution is -2.52. The third kappa shape index (κ3) is 3.85. The Morgan fingerprint density at radius 3 is 2.62 bits per heavy atom. The molecule has 2 rings (SSSR count). The SMILES string of the molecule is C[C@@H]1CNCCN1C(=O)c1cc(C(F)(F)F)ccc1F.Cl. The van der Waals surface area contributed by atoms with Gasteiger partial charge >= 0.3 is 6.18 Å². The first-order valence-corrected chi connectivity index (χ1v) is 6.19. The molecule has 8 heteroatoms. The topological polar surface area (TPSA) is 32.3 Å². The summed E-state index contributed by atoms with van der Waals surface area (Å²) < 4.78 is 51.5. The number of amides is 1. The molecule has 1 heterocycles. The van der Waals surface area contributed by atoms with Crippen molar-refractivity contribution in [2.24, 2.45) is 0 Å². The first kappa shape index (κ1) is 17.7. The molecule has 0 spiro atoms. The predicted molar refractivity (Wildman–Crippen MR) is 72.0 cm³/mol. The van der Waals surface area contributed by atoms with Crippen molar-refractivity contribution in [3.8, 4) is 0 Å². The van der Waals surface area contributed by atoms with Crippen molar-refractivity contribution in [1.29, 1.82) is 0 Å². The van der Waals surface area contributed by atoms with E-state index in [1.807, 2.05) is 0 Å². The average Bonchev–Trinajstić information content (AvgIpc) is 2.37. The zero-order valence-corrected chi connectivity index (χ0v) is 12.0. The van der Waals surface area contributed by atoms with Crippen molar-refractivity contribution in [2.45, 2.75) is 19.1 Å². The van der Waals surface area contributed by atoms with Crippen LogP contribution in [-0.2, 0) is 6.18 Å². The van der Waals surface area contributed by atoms with Crippen LogP contribution < -0.4 is 5.32 Å². The van der Waals surface area contributed by atoms with Crippen LogP contribution in [0.5, 0.6) is 0 Å². The summed E-state index contributed by atoms with van der Waals surface area (Å²) >= 11 is 0. The van der Waals surface area contributed by atoms with Crippen molar-refractivity contribution < 1.29 is 22.4 Å². The van der Waals surface area contributed by atoms with Gasteiger partial charge in [0.1, 0.15) is 5.82 Å². The van der Waals surface area contributed by atoms with E-state index in [4.69, 9.17) is 0 Å². The first-order valence-electron chi connectivity index (χ1n) is 6.19. The quantitative estimate of drug-likeness (QED) is 0.805. The van der Waals surface area contributed by atoms with Crippen LogP contribution >= 0.6 is 12.4 Å². The maximum absolute atomic E-state index is 13.7. The number of carbonyl (C=O) groups is 1. The number of rotatable bonds is 1. The number of benzene rings is 1. The highest BCUT2D eigenvalue weighted by Crippen LogP contribution is 2.30. The van der Waals surface area contributed by atoms with E-state index in [0.29, 0.717) is 37.8 Å². The Hall–Kier alpha value is -1.34. The Bertz CT molecular complexity index is 521. The lowest BCUT2D eigenvalue weighted by molar-refractivity contribution is -0.137. The van der Waals surface area contributed by atoms with Crippen LogP contribution in [0.15, 0.2) is 18.2 Å². The molecule has 0 saturated carbocycles. The Morgan fingerprint density at radius 1 is 1.38 bits per heavy atom. The Morgan fingerprint density at radius 2 is 2.05 bits per heavy atom. The highest BCUT2D eigenvalue weighted by Gasteiger charge is 2.33. The van der Waals surface area contributed by atoms with E-state index in [0.717, 1.165) is 0 Å². The van der Waals surface area contributed by atoms with Crippen molar-refractivity contribution in [3.05, 3.63) is 35.1 Å². The van der Waals surface area contributed by atoms with E-state index in [2.05, 4.69) is 5.32 Å². The largest absolute Gasteiger partial charge is 0.416 e. The molecule has 1 atom stereocenters. The molecule has 3 nitrogen and oxygen atoms in total. The van der Waals surface area contributed by atoms with Crippen LogP contribution in [-0.4, -0.2) is 36.5 Å². The van der Waals surface area contributed by atoms with Gasteiger partial charge in [-0.05, 0) is 25.1 Å². The van der Waals surface area contributed by atoms with Gasteiger partial charge in [-0.2, -0.15) is 13.2 Å². The average molecular weight is 327 g/mol. The van der Waals surface area contributed by atoms with Crippen molar-refractivity contribution >= 4 is 18.3 Å². The molecular weight excluding hydrogens is 312 g/mol. The minimum Gasteiger partial charge on any atom is -0.333 e. The maximum Gasteiger partial charge on any atom is 0.416 e. The van der Waals surface area contributed by atoms with Crippen LogP contribution in [0.1, 0.15) is 22.8 Å². The monoisotopic (exact) mass is 326 g/mol. The smallest absolute Gasteiger partial charge is 0.333 e. The summed E-state index contributed by atoms with van der Waals surface area (Å²) in [5.74, 6) is -1.64. The van der Waals surface area contributed by atoms with E-state index in [1.165, 1.54) is 4.90 Å². The van der Waals surface area contributed by atoms with Crippen LogP contribution in [0.3, 0.4) is 0 Å². The van der Waals surface area contributed by atoms with E-state index in [-0.39, 0.29) is 18.4 Å². The molecule has 1 fully saturated rings. The second-order valence-corrected chi connectivity index (χ2v) is 4.74. The summed E-state index contributed by atoms with van der Waals surface area (Å²) in [5, 5.41) is 3.05. The number of nitrogens with zero attached hydrogens (tertiary/aromatic N) is 1. The molecule has 1 N–H and O–H groups in total. The summed E-state index contributed by atoms with van der Waals surface area (Å²) in [5.41, 5.74) is -1.56. The number of piperazine rings is 1. The molecule has 21 heavy (non-hydrogen) atoms. The van der Waals surface area contributed by atoms with Crippen LogP contribution in [0, 0.1) is 5.82 Å². The normalized spacial score (nSPS) is 19.1. The summed E-state index contributed by atoms with van der Waals surface area (Å²) in [6.07, 6.45) is -4.60. The second kappa shape index (κ2) is 6.62. The fourth-order valence-corrected chi connectivity index (χ4v) is 2.16. The van der Waals surface area contributed by atoms with Gasteiger partial charge in [0.25, 0.3) is 5.91 Å². The molecule has 1 aromatic carbocycles. The van der Waals surface area contributed by atoms with Gasteiger partial charge in [-0.25, -0.2) is 4.39 Å². The molecule has 0 bridgehead atoms. The fraction of sp³-hybridized carbons (Fsp3) is 0.462. The second-order valence-electron chi connectivity index (χ2n) is 4.74. The van der Waals surface area contributed by atoms with Crippen LogP contribution in [0.2, 0.25) is 0 Å². The van der Waals surface area contributed by atoms with Gasteiger partial charge in [-0.3, -0.25) is 4.79 Å². The Labute approximate surface area is 125 Å².